The number of rotatable bonds is 5. The number of nitrogens with zero attached hydrogens (tertiary/aromatic N) is 5. The summed E-state index contributed by atoms with van der Waals surface area (Å²) in [6, 6.07) is 72.1. The molecule has 8 aromatic carbocycles. The van der Waals surface area contributed by atoms with E-state index in [0.717, 1.165) is 60.3 Å². The molecule has 7 heteroatoms. The van der Waals surface area contributed by atoms with Gasteiger partial charge in [0, 0.05) is 38.2 Å². The molecular weight excluding hydrogens is 751 g/mol. The van der Waals surface area contributed by atoms with Crippen molar-refractivity contribution in [1.82, 2.24) is 24.1 Å². The van der Waals surface area contributed by atoms with Gasteiger partial charge in [-0.3, -0.25) is 9.13 Å². The summed E-state index contributed by atoms with van der Waals surface area (Å²) in [6.45, 7) is 0.866. The number of aromatic nitrogens is 5. The minimum absolute atomic E-state index is 0.433. The van der Waals surface area contributed by atoms with Gasteiger partial charge in [-0.2, -0.15) is 15.0 Å². The van der Waals surface area contributed by atoms with E-state index in [1.165, 1.54) is 20.7 Å². The standard InChI is InChI=1S/C53H37N5OSi/c1-4-20-39(21-5-1)60(40-22-6-2-7-23-40,41-24-8-3-9-25-41)42-26-14-17-36(33-42)51-54-52-56-53(55-51)58-48-32-13-11-28-44(48)46-30-16-19-38(50(46)58)35-59-34-37-18-15-29-45-43-27-10-12-31-47(43)57(52)49(37)45/h1-33H,34-35H2. The van der Waals surface area contributed by atoms with Gasteiger partial charge < -0.3 is 4.74 Å². The van der Waals surface area contributed by atoms with Crippen molar-refractivity contribution in [3.63, 3.8) is 0 Å². The summed E-state index contributed by atoms with van der Waals surface area (Å²) >= 11 is 0. The van der Waals surface area contributed by atoms with Crippen LogP contribution in [-0.2, 0) is 18.0 Å². The fourth-order valence-corrected chi connectivity index (χ4v) is 14.5. The van der Waals surface area contributed by atoms with Gasteiger partial charge in [0.2, 0.25) is 11.9 Å². The van der Waals surface area contributed by atoms with Gasteiger partial charge in [-0.25, -0.2) is 0 Å². The van der Waals surface area contributed by atoms with Crippen molar-refractivity contribution in [2.24, 2.45) is 0 Å². The molecule has 0 fully saturated rings. The lowest BCUT2D eigenvalue weighted by Crippen LogP contribution is -2.74. The van der Waals surface area contributed by atoms with Crippen LogP contribution in [0.2, 0.25) is 0 Å². The van der Waals surface area contributed by atoms with E-state index in [-0.39, 0.29) is 0 Å². The highest BCUT2D eigenvalue weighted by Crippen LogP contribution is 2.37. The second-order valence-corrected chi connectivity index (χ2v) is 19.3. The van der Waals surface area contributed by atoms with Crippen molar-refractivity contribution in [2.75, 3.05) is 0 Å². The molecule has 0 spiro atoms. The molecule has 1 aliphatic heterocycles. The Kier molecular flexibility index (Phi) is 7.98. The first-order chi connectivity index (χ1) is 29.8. The Labute approximate surface area is 347 Å². The highest BCUT2D eigenvalue weighted by atomic mass is 28.3. The molecule has 0 saturated heterocycles. The molecule has 0 unspecified atom stereocenters. The summed E-state index contributed by atoms with van der Waals surface area (Å²) in [7, 11) is -2.85. The highest BCUT2D eigenvalue weighted by Gasteiger charge is 2.41. The predicted octanol–water partition coefficient (Wildman–Crippen LogP) is 9.14. The smallest absolute Gasteiger partial charge is 0.240 e. The van der Waals surface area contributed by atoms with Crippen molar-refractivity contribution in [2.45, 2.75) is 13.2 Å². The van der Waals surface area contributed by atoms with Crippen LogP contribution in [0.15, 0.2) is 200 Å². The second-order valence-electron chi connectivity index (χ2n) is 15.5. The molecule has 284 valence electrons. The number of fused-ring (bicyclic) bond motifs is 10. The van der Waals surface area contributed by atoms with Gasteiger partial charge in [0.15, 0.2) is 13.9 Å². The molecule has 2 bridgehead atoms. The summed E-state index contributed by atoms with van der Waals surface area (Å²) in [5.41, 5.74) is 7.21. The van der Waals surface area contributed by atoms with Crippen molar-refractivity contribution >= 4 is 72.4 Å². The van der Waals surface area contributed by atoms with Gasteiger partial charge >= 0.3 is 0 Å². The van der Waals surface area contributed by atoms with Crippen molar-refractivity contribution < 1.29 is 4.74 Å². The molecule has 0 saturated carbocycles. The fourth-order valence-electron chi connectivity index (χ4n) is 9.74. The molecule has 0 aliphatic carbocycles. The van der Waals surface area contributed by atoms with Gasteiger partial charge in [-0.15, -0.1) is 0 Å². The van der Waals surface area contributed by atoms with Crippen molar-refractivity contribution in [3.05, 3.63) is 211 Å². The van der Waals surface area contributed by atoms with Gasteiger partial charge in [0.05, 0.1) is 35.3 Å². The first kappa shape index (κ1) is 34.6. The average molecular weight is 788 g/mol. The molecule has 11 aromatic rings. The molecule has 12 rings (SSSR count). The van der Waals surface area contributed by atoms with Crippen LogP contribution in [0, 0.1) is 0 Å². The molecule has 0 atom stereocenters. The Morgan fingerprint density at radius 3 is 1.30 bits per heavy atom. The van der Waals surface area contributed by atoms with E-state index in [0.29, 0.717) is 30.9 Å². The topological polar surface area (TPSA) is 57.8 Å². The fraction of sp³-hybridized carbons (Fsp3) is 0.0377. The van der Waals surface area contributed by atoms with E-state index >= 15 is 0 Å². The number of benzene rings is 8. The van der Waals surface area contributed by atoms with Gasteiger partial charge in [-0.05, 0) is 32.9 Å². The minimum atomic E-state index is -2.85. The normalized spacial score (nSPS) is 12.8. The molecule has 4 heterocycles. The molecule has 0 radical (unpaired) electrons. The zero-order valence-corrected chi connectivity index (χ0v) is 33.6. The number of ether oxygens (including phenoxy) is 1. The third kappa shape index (κ3) is 5.20. The van der Waals surface area contributed by atoms with Gasteiger partial charge in [0.1, 0.15) is 0 Å². The SMILES string of the molecule is c1ccc([Si](c2ccccc2)(c2ccccc2)c2cccc(-c3nc4nc(n3)-n3c5ccccc5c5cccc(c53)COCc3cccc5c6ccccc6n-4c35)c2)cc1. The largest absolute Gasteiger partial charge is 0.372 e. The van der Waals surface area contributed by atoms with Crippen molar-refractivity contribution in [3.8, 4) is 23.3 Å². The predicted molar refractivity (Wildman–Crippen MR) is 246 cm³/mol. The highest BCUT2D eigenvalue weighted by molar-refractivity contribution is 7.19. The molecule has 6 nitrogen and oxygen atoms in total. The van der Waals surface area contributed by atoms with Crippen LogP contribution in [0.3, 0.4) is 0 Å². The Balaban J connectivity index is 1.19. The van der Waals surface area contributed by atoms with Crippen molar-refractivity contribution in [1.29, 1.82) is 0 Å². The maximum atomic E-state index is 6.62. The number of para-hydroxylation sites is 4. The molecule has 3 aromatic heterocycles. The van der Waals surface area contributed by atoms with Gasteiger partial charge in [0.25, 0.3) is 0 Å². The summed E-state index contributed by atoms with van der Waals surface area (Å²) in [4.78, 5) is 16.4. The summed E-state index contributed by atoms with van der Waals surface area (Å²) < 4.78 is 11.1. The van der Waals surface area contributed by atoms with Crippen LogP contribution >= 0.6 is 0 Å². The van der Waals surface area contributed by atoms with E-state index in [1.807, 2.05) is 0 Å². The van der Waals surface area contributed by atoms with E-state index in [4.69, 9.17) is 19.7 Å². The Morgan fingerprint density at radius 1 is 0.383 bits per heavy atom. The third-order valence-corrected chi connectivity index (χ3v) is 17.0. The molecule has 60 heavy (non-hydrogen) atoms. The zero-order chi connectivity index (χ0) is 39.6. The average Bonchev–Trinajstić information content (AvgIpc) is 3.84. The lowest BCUT2D eigenvalue weighted by atomic mass is 10.1. The Hall–Kier alpha value is -7.45. The number of hydrogen-bond donors (Lipinski definition) is 0. The minimum Gasteiger partial charge on any atom is -0.372 e. The molecule has 1 aliphatic rings. The van der Waals surface area contributed by atoms with Crippen LogP contribution in [0.25, 0.3) is 66.9 Å². The molecular formula is C53H37N5OSi. The van der Waals surface area contributed by atoms with Crippen LogP contribution in [0.5, 0.6) is 0 Å². The molecule has 0 amide bonds. The summed E-state index contributed by atoms with van der Waals surface area (Å²) in [5.74, 6) is 1.72. The van der Waals surface area contributed by atoms with Crippen LogP contribution in [0.1, 0.15) is 11.1 Å². The van der Waals surface area contributed by atoms with E-state index in [1.54, 1.807) is 0 Å². The number of hydrogen-bond acceptors (Lipinski definition) is 4. The van der Waals surface area contributed by atoms with E-state index in [9.17, 15) is 0 Å². The zero-order valence-electron chi connectivity index (χ0n) is 32.6. The molecule has 0 N–H and O–H groups in total. The van der Waals surface area contributed by atoms with Gasteiger partial charge in [-0.1, -0.05) is 188 Å². The van der Waals surface area contributed by atoms with Crippen LogP contribution < -0.4 is 20.7 Å². The summed E-state index contributed by atoms with van der Waals surface area (Å²) in [6.07, 6.45) is 0. The summed E-state index contributed by atoms with van der Waals surface area (Å²) in [5, 5.41) is 9.71. The second kappa shape index (κ2) is 13.8. The quantitative estimate of drug-likeness (QED) is 0.129. The van der Waals surface area contributed by atoms with Crippen LogP contribution in [0.4, 0.5) is 0 Å². The monoisotopic (exact) mass is 787 g/mol. The van der Waals surface area contributed by atoms with E-state index < -0.39 is 8.07 Å². The third-order valence-electron chi connectivity index (χ3n) is 12.3. The van der Waals surface area contributed by atoms with E-state index in [2.05, 4.69) is 209 Å². The first-order valence-corrected chi connectivity index (χ1v) is 22.4. The lowest BCUT2D eigenvalue weighted by molar-refractivity contribution is 0.108. The van der Waals surface area contributed by atoms with Crippen LogP contribution in [-0.4, -0.2) is 32.2 Å². The Morgan fingerprint density at radius 2 is 0.800 bits per heavy atom. The maximum Gasteiger partial charge on any atom is 0.240 e. The lowest BCUT2D eigenvalue weighted by Gasteiger charge is -2.34. The Bertz CT molecular complexity index is 3180. The first-order valence-electron chi connectivity index (χ1n) is 20.4. The maximum absolute atomic E-state index is 6.62.